The molecule has 3 aromatic rings. The molecule has 5 rings (SSSR count). The minimum atomic E-state index is -3.62. The van der Waals surface area contributed by atoms with Gasteiger partial charge in [-0.1, -0.05) is 12.1 Å². The van der Waals surface area contributed by atoms with Gasteiger partial charge in [-0.3, -0.25) is 9.88 Å². The van der Waals surface area contributed by atoms with Gasteiger partial charge in [0.05, 0.1) is 29.9 Å². The normalized spacial score (nSPS) is 18.9. The van der Waals surface area contributed by atoms with Crippen molar-refractivity contribution < 1.29 is 12.8 Å². The maximum absolute atomic E-state index is 13.4. The lowest BCUT2D eigenvalue weighted by molar-refractivity contribution is 0.177. The number of nitrogens with one attached hydrogen (secondary N) is 1. The molecule has 36 heavy (non-hydrogen) atoms. The molecule has 0 spiro atoms. The molecule has 1 unspecified atom stereocenters. The zero-order valence-corrected chi connectivity index (χ0v) is 21.2. The van der Waals surface area contributed by atoms with Crippen LogP contribution in [0, 0.1) is 5.82 Å². The molecule has 2 aliphatic heterocycles. The second-order valence-electron chi connectivity index (χ2n) is 9.32. The zero-order chi connectivity index (χ0) is 25.1. The van der Waals surface area contributed by atoms with Crippen molar-refractivity contribution >= 4 is 15.7 Å². The van der Waals surface area contributed by atoms with Crippen LogP contribution in [0.3, 0.4) is 0 Å². The van der Waals surface area contributed by atoms with E-state index in [2.05, 4.69) is 36.6 Å². The molecule has 4 heterocycles. The fourth-order valence-electron chi connectivity index (χ4n) is 4.86. The van der Waals surface area contributed by atoms with Crippen LogP contribution in [0.1, 0.15) is 24.2 Å². The fraction of sp³-hybridized carbons (Fsp3) is 0.440. The molecular weight excluding hydrogens is 481 g/mol. The third-order valence-electron chi connectivity index (χ3n) is 7.05. The highest BCUT2D eigenvalue weighted by Gasteiger charge is 2.30. The van der Waals surface area contributed by atoms with Crippen molar-refractivity contribution in [2.45, 2.75) is 24.4 Å². The smallest absolute Gasteiger partial charge is 0.244 e. The van der Waals surface area contributed by atoms with Crippen LogP contribution >= 0.6 is 0 Å². The van der Waals surface area contributed by atoms with Crippen molar-refractivity contribution in [3.8, 4) is 0 Å². The predicted octanol–water partition coefficient (Wildman–Crippen LogP) is 1.94. The zero-order valence-electron chi connectivity index (χ0n) is 20.4. The summed E-state index contributed by atoms with van der Waals surface area (Å²) in [5, 5.41) is 3.31. The maximum Gasteiger partial charge on any atom is 0.244 e. The summed E-state index contributed by atoms with van der Waals surface area (Å²) in [5.74, 6) is -0.254. The highest BCUT2D eigenvalue weighted by atomic mass is 32.2. The molecule has 2 aliphatic rings. The van der Waals surface area contributed by atoms with Crippen molar-refractivity contribution in [1.82, 2.24) is 29.1 Å². The van der Waals surface area contributed by atoms with E-state index in [1.54, 1.807) is 35.0 Å². The van der Waals surface area contributed by atoms with Gasteiger partial charge in [0.25, 0.3) is 0 Å². The van der Waals surface area contributed by atoms with E-state index in [-0.39, 0.29) is 16.8 Å². The third kappa shape index (κ3) is 5.29. The number of piperazine rings is 2. The van der Waals surface area contributed by atoms with Gasteiger partial charge in [-0.25, -0.2) is 17.8 Å². The molecule has 192 valence electrons. The van der Waals surface area contributed by atoms with Crippen LogP contribution in [0.15, 0.2) is 60.1 Å². The Labute approximate surface area is 211 Å². The fourth-order valence-corrected chi connectivity index (χ4v) is 6.26. The van der Waals surface area contributed by atoms with E-state index in [4.69, 9.17) is 0 Å². The van der Waals surface area contributed by atoms with Crippen molar-refractivity contribution in [3.63, 3.8) is 0 Å². The van der Waals surface area contributed by atoms with E-state index in [1.807, 2.05) is 6.20 Å². The lowest BCUT2D eigenvalue weighted by atomic mass is 10.1. The Morgan fingerprint density at radius 1 is 0.972 bits per heavy atom. The number of rotatable bonds is 7. The van der Waals surface area contributed by atoms with E-state index in [0.29, 0.717) is 32.7 Å². The summed E-state index contributed by atoms with van der Waals surface area (Å²) in [7, 11) is -3.62. The molecule has 0 aliphatic carbocycles. The molecule has 1 aromatic carbocycles. The van der Waals surface area contributed by atoms with Crippen molar-refractivity contribution in [2.75, 3.05) is 57.3 Å². The number of aromatic nitrogens is 3. The molecule has 11 heteroatoms. The molecule has 2 aromatic heterocycles. The molecule has 1 N–H and O–H groups in total. The largest absolute Gasteiger partial charge is 0.368 e. The average Bonchev–Trinajstić information content (AvgIpc) is 3.37. The van der Waals surface area contributed by atoms with E-state index in [0.717, 1.165) is 43.1 Å². The minimum Gasteiger partial charge on any atom is -0.368 e. The summed E-state index contributed by atoms with van der Waals surface area (Å²) in [6.45, 7) is 8.23. The number of pyridine rings is 1. The van der Waals surface area contributed by atoms with Gasteiger partial charge in [-0.05, 0) is 30.7 Å². The first-order valence-corrected chi connectivity index (χ1v) is 13.8. The average molecular weight is 514 g/mol. The van der Waals surface area contributed by atoms with Crippen LogP contribution in [-0.4, -0.2) is 84.5 Å². The van der Waals surface area contributed by atoms with Crippen molar-refractivity contribution in [3.05, 3.63) is 72.3 Å². The second kappa shape index (κ2) is 10.6. The number of sulfonamides is 1. The first-order valence-electron chi connectivity index (χ1n) is 12.3. The number of benzene rings is 1. The molecule has 2 fully saturated rings. The maximum atomic E-state index is 13.4. The van der Waals surface area contributed by atoms with Gasteiger partial charge in [0.15, 0.2) is 0 Å². The van der Waals surface area contributed by atoms with Crippen molar-refractivity contribution in [2.24, 2.45) is 0 Å². The SMILES string of the molecule is CC(c1ccc(F)cc1)n1cncc1CN1CCN(S(=O)(=O)c2cncc(N3CCNCC3)c2)CC1. The Morgan fingerprint density at radius 3 is 2.42 bits per heavy atom. The number of imidazole rings is 1. The Kier molecular flexibility index (Phi) is 7.33. The summed E-state index contributed by atoms with van der Waals surface area (Å²) in [5.41, 5.74) is 2.89. The Bertz CT molecular complexity index is 1270. The lowest BCUT2D eigenvalue weighted by Gasteiger charge is -2.34. The first-order chi connectivity index (χ1) is 17.4. The minimum absolute atomic E-state index is 0.0141. The van der Waals surface area contributed by atoms with Crippen LogP contribution in [0.5, 0.6) is 0 Å². The van der Waals surface area contributed by atoms with Gasteiger partial charge in [0.1, 0.15) is 10.7 Å². The van der Waals surface area contributed by atoms with Crippen LogP contribution in [0.25, 0.3) is 0 Å². The molecular formula is C25H32FN7O2S. The summed E-state index contributed by atoms with van der Waals surface area (Å²) >= 11 is 0. The van der Waals surface area contributed by atoms with Crippen LogP contribution in [0.2, 0.25) is 0 Å². The number of halogens is 1. The first kappa shape index (κ1) is 24.8. The molecule has 0 saturated carbocycles. The van der Waals surface area contributed by atoms with E-state index < -0.39 is 10.0 Å². The van der Waals surface area contributed by atoms with Gasteiger partial charge in [-0.2, -0.15) is 4.31 Å². The van der Waals surface area contributed by atoms with E-state index in [1.165, 1.54) is 18.3 Å². The Balaban J connectivity index is 1.22. The van der Waals surface area contributed by atoms with E-state index >= 15 is 0 Å². The Hall–Kier alpha value is -2.86. The topological polar surface area (TPSA) is 86.6 Å². The quantitative estimate of drug-likeness (QED) is 0.517. The number of hydrogen-bond donors (Lipinski definition) is 1. The van der Waals surface area contributed by atoms with Gasteiger partial charge < -0.3 is 14.8 Å². The standard InChI is InChI=1S/C25H32FN7O2S/c1-20(21-2-4-22(26)5-3-21)33-19-29-16-24(33)18-30-10-12-32(13-11-30)36(34,35)25-14-23(15-28-17-25)31-8-6-27-7-9-31/h2-5,14-17,19-20,27H,6-13,18H2,1H3. The number of hydrogen-bond acceptors (Lipinski definition) is 7. The molecule has 2 saturated heterocycles. The highest BCUT2D eigenvalue weighted by molar-refractivity contribution is 7.89. The molecule has 9 nitrogen and oxygen atoms in total. The number of anilines is 1. The van der Waals surface area contributed by atoms with Gasteiger partial charge in [0.2, 0.25) is 10.0 Å². The monoisotopic (exact) mass is 513 g/mol. The molecule has 0 radical (unpaired) electrons. The van der Waals surface area contributed by atoms with Crippen molar-refractivity contribution in [1.29, 1.82) is 0 Å². The van der Waals surface area contributed by atoms with Crippen LogP contribution in [0.4, 0.5) is 10.1 Å². The third-order valence-corrected chi connectivity index (χ3v) is 8.92. The summed E-state index contributed by atoms with van der Waals surface area (Å²) in [4.78, 5) is 13.2. The van der Waals surface area contributed by atoms with Gasteiger partial charge in [0, 0.05) is 71.3 Å². The summed E-state index contributed by atoms with van der Waals surface area (Å²) < 4.78 is 43.7. The highest BCUT2D eigenvalue weighted by Crippen LogP contribution is 2.24. The summed E-state index contributed by atoms with van der Waals surface area (Å²) in [6.07, 6.45) is 6.82. The van der Waals surface area contributed by atoms with Crippen LogP contribution in [-0.2, 0) is 16.6 Å². The van der Waals surface area contributed by atoms with Crippen LogP contribution < -0.4 is 10.2 Å². The Morgan fingerprint density at radius 2 is 1.69 bits per heavy atom. The summed E-state index contributed by atoms with van der Waals surface area (Å²) in [6, 6.07) is 8.28. The molecule has 1 atom stereocenters. The number of nitrogens with zero attached hydrogens (tertiary/aromatic N) is 6. The molecule has 0 amide bonds. The molecule has 0 bridgehead atoms. The second-order valence-corrected chi connectivity index (χ2v) is 11.3. The predicted molar refractivity (Wildman–Crippen MR) is 136 cm³/mol. The van der Waals surface area contributed by atoms with Gasteiger partial charge >= 0.3 is 0 Å². The van der Waals surface area contributed by atoms with E-state index in [9.17, 15) is 12.8 Å². The van der Waals surface area contributed by atoms with Gasteiger partial charge in [-0.15, -0.1) is 0 Å². The lowest BCUT2D eigenvalue weighted by Crippen LogP contribution is -2.48.